The van der Waals surface area contributed by atoms with Gasteiger partial charge in [-0.1, -0.05) is 0 Å². The molecule has 0 radical (unpaired) electrons. The van der Waals surface area contributed by atoms with Gasteiger partial charge in [0.15, 0.2) is 11.5 Å². The highest BCUT2D eigenvalue weighted by atomic mass is 19.3. The predicted octanol–water partition coefficient (Wildman–Crippen LogP) is 1.07. The number of alkyl halides is 2. The molecule has 0 aliphatic carbocycles. The van der Waals surface area contributed by atoms with Crippen molar-refractivity contribution in [2.24, 2.45) is 5.73 Å². The van der Waals surface area contributed by atoms with Crippen molar-refractivity contribution in [3.8, 4) is 17.2 Å². The second-order valence-electron chi connectivity index (χ2n) is 2.73. The van der Waals surface area contributed by atoms with Gasteiger partial charge in [-0.2, -0.15) is 0 Å². The van der Waals surface area contributed by atoms with E-state index >= 15 is 0 Å². The Labute approximate surface area is 78.2 Å². The first kappa shape index (κ1) is 10.5. The van der Waals surface area contributed by atoms with Crippen LogP contribution < -0.4 is 5.73 Å². The van der Waals surface area contributed by atoms with Crippen molar-refractivity contribution in [3.05, 3.63) is 17.7 Å². The van der Waals surface area contributed by atoms with Crippen molar-refractivity contribution in [3.63, 3.8) is 0 Å². The van der Waals surface area contributed by atoms with Crippen LogP contribution in [0.1, 0.15) is 11.6 Å². The molecule has 78 valence electrons. The van der Waals surface area contributed by atoms with Crippen LogP contribution in [0.15, 0.2) is 12.1 Å². The van der Waals surface area contributed by atoms with E-state index in [0.717, 1.165) is 12.1 Å². The normalized spacial score (nSPS) is 13.1. The molecule has 0 aliphatic heterocycles. The summed E-state index contributed by atoms with van der Waals surface area (Å²) in [6, 6.07) is 0.315. The third-order valence-corrected chi connectivity index (χ3v) is 1.79. The molecule has 0 saturated carbocycles. The zero-order valence-electron chi connectivity index (χ0n) is 6.98. The van der Waals surface area contributed by atoms with Crippen molar-refractivity contribution in [1.82, 2.24) is 0 Å². The highest BCUT2D eigenvalue weighted by Gasteiger charge is 2.23. The van der Waals surface area contributed by atoms with Gasteiger partial charge in [-0.05, 0) is 12.1 Å². The Morgan fingerprint density at radius 1 is 1.07 bits per heavy atom. The molecule has 0 fully saturated rings. The highest BCUT2D eigenvalue weighted by molar-refractivity contribution is 5.54. The molecule has 0 unspecified atom stereocenters. The average Bonchev–Trinajstić information content (AvgIpc) is 2.13. The quantitative estimate of drug-likeness (QED) is 0.544. The molecule has 1 aromatic rings. The Bertz CT molecular complexity index is 344. The molecule has 1 atom stereocenters. The first-order chi connectivity index (χ1) is 6.45. The number of halogens is 2. The first-order valence-corrected chi connectivity index (χ1v) is 3.72. The minimum atomic E-state index is -2.86. The lowest BCUT2D eigenvalue weighted by molar-refractivity contribution is 0.115. The van der Waals surface area contributed by atoms with Gasteiger partial charge >= 0.3 is 0 Å². The van der Waals surface area contributed by atoms with E-state index < -0.39 is 29.7 Å². The second kappa shape index (κ2) is 3.67. The summed E-state index contributed by atoms with van der Waals surface area (Å²) >= 11 is 0. The molecule has 5 N–H and O–H groups in total. The largest absolute Gasteiger partial charge is 0.504 e. The van der Waals surface area contributed by atoms with E-state index in [-0.39, 0.29) is 5.56 Å². The van der Waals surface area contributed by atoms with E-state index in [1.54, 1.807) is 0 Å². The van der Waals surface area contributed by atoms with E-state index in [9.17, 15) is 13.9 Å². The molecule has 0 saturated heterocycles. The number of aromatic hydroxyl groups is 3. The predicted molar refractivity (Wildman–Crippen MR) is 44.4 cm³/mol. The molecule has 1 rings (SSSR count). The van der Waals surface area contributed by atoms with E-state index in [1.165, 1.54) is 0 Å². The number of benzene rings is 1. The molecular weight excluding hydrogens is 196 g/mol. The molecule has 0 aliphatic rings. The zero-order valence-corrected chi connectivity index (χ0v) is 6.98. The maximum atomic E-state index is 12.1. The summed E-state index contributed by atoms with van der Waals surface area (Å²) in [5, 5.41) is 27.1. The van der Waals surface area contributed by atoms with Crippen LogP contribution in [0, 0.1) is 0 Å². The van der Waals surface area contributed by atoms with Crippen molar-refractivity contribution in [2.45, 2.75) is 12.5 Å². The van der Waals surface area contributed by atoms with E-state index in [2.05, 4.69) is 0 Å². The van der Waals surface area contributed by atoms with Gasteiger partial charge in [-0.3, -0.25) is 0 Å². The lowest BCUT2D eigenvalue weighted by Gasteiger charge is -2.13. The van der Waals surface area contributed by atoms with Crippen molar-refractivity contribution >= 4 is 0 Å². The molecule has 4 nitrogen and oxygen atoms in total. The van der Waals surface area contributed by atoms with Crippen LogP contribution in [0.25, 0.3) is 0 Å². The van der Waals surface area contributed by atoms with Crippen molar-refractivity contribution < 1.29 is 24.1 Å². The highest BCUT2D eigenvalue weighted by Crippen LogP contribution is 2.40. The first-order valence-electron chi connectivity index (χ1n) is 3.72. The summed E-state index contributed by atoms with van der Waals surface area (Å²) in [7, 11) is 0. The summed E-state index contributed by atoms with van der Waals surface area (Å²) in [5.41, 5.74) is 4.74. The van der Waals surface area contributed by atoms with Gasteiger partial charge in [0, 0.05) is 5.56 Å². The maximum absolute atomic E-state index is 12.1. The Kier molecular flexibility index (Phi) is 2.76. The van der Waals surface area contributed by atoms with Crippen LogP contribution in [0.2, 0.25) is 0 Å². The SMILES string of the molecule is N[C@@H](c1ccc(O)c(O)c1O)C(F)F. The fourth-order valence-electron chi connectivity index (χ4n) is 0.989. The molecule has 0 bridgehead atoms. The average molecular weight is 205 g/mol. The molecule has 0 spiro atoms. The molecule has 1 aromatic carbocycles. The Hall–Kier alpha value is -1.56. The van der Waals surface area contributed by atoms with Crippen molar-refractivity contribution in [1.29, 1.82) is 0 Å². The molecular formula is C8H9F2NO3. The van der Waals surface area contributed by atoms with E-state index in [4.69, 9.17) is 15.9 Å². The molecule has 14 heavy (non-hydrogen) atoms. The minimum absolute atomic E-state index is 0.310. The van der Waals surface area contributed by atoms with Crippen LogP contribution in [0.3, 0.4) is 0 Å². The monoisotopic (exact) mass is 205 g/mol. The fourth-order valence-corrected chi connectivity index (χ4v) is 0.989. The number of nitrogens with two attached hydrogens (primary N) is 1. The van der Waals surface area contributed by atoms with Crippen LogP contribution in [0.5, 0.6) is 17.2 Å². The summed E-state index contributed by atoms with van der Waals surface area (Å²) in [4.78, 5) is 0. The maximum Gasteiger partial charge on any atom is 0.257 e. The smallest absolute Gasteiger partial charge is 0.257 e. The minimum Gasteiger partial charge on any atom is -0.504 e. The fraction of sp³-hybridized carbons (Fsp3) is 0.250. The van der Waals surface area contributed by atoms with Crippen LogP contribution in [0.4, 0.5) is 8.78 Å². The number of phenols is 3. The van der Waals surface area contributed by atoms with Crippen LogP contribution in [-0.4, -0.2) is 21.7 Å². The summed E-state index contributed by atoms with van der Waals surface area (Å²) < 4.78 is 24.3. The van der Waals surface area contributed by atoms with Gasteiger partial charge in [0.2, 0.25) is 5.75 Å². The van der Waals surface area contributed by atoms with E-state index in [0.29, 0.717) is 0 Å². The third-order valence-electron chi connectivity index (χ3n) is 1.79. The van der Waals surface area contributed by atoms with E-state index in [1.807, 2.05) is 0 Å². The molecule has 0 heterocycles. The van der Waals surface area contributed by atoms with Gasteiger partial charge in [-0.25, -0.2) is 8.78 Å². The number of rotatable bonds is 2. The zero-order chi connectivity index (χ0) is 10.9. The molecule has 0 amide bonds. The molecule has 6 heteroatoms. The third kappa shape index (κ3) is 1.69. The summed E-state index contributed by atoms with van der Waals surface area (Å²) in [6.07, 6.45) is -2.86. The topological polar surface area (TPSA) is 86.7 Å². The Morgan fingerprint density at radius 2 is 1.64 bits per heavy atom. The van der Waals surface area contributed by atoms with Crippen molar-refractivity contribution in [2.75, 3.05) is 0 Å². The van der Waals surface area contributed by atoms with Gasteiger partial charge in [0.25, 0.3) is 6.43 Å². The standard InChI is InChI=1S/C8H9F2NO3/c9-8(10)5(11)3-1-2-4(12)7(14)6(3)13/h1-2,5,8,12-14H,11H2/t5-/m0/s1. The Balaban J connectivity index is 3.17. The summed E-state index contributed by atoms with van der Waals surface area (Å²) in [5.74, 6) is -2.26. The lowest BCUT2D eigenvalue weighted by atomic mass is 10.1. The second-order valence-corrected chi connectivity index (χ2v) is 2.73. The van der Waals surface area contributed by atoms with Gasteiger partial charge in [0.1, 0.15) is 0 Å². The van der Waals surface area contributed by atoms with Crippen LogP contribution >= 0.6 is 0 Å². The Morgan fingerprint density at radius 3 is 2.14 bits per heavy atom. The van der Waals surface area contributed by atoms with Gasteiger partial charge < -0.3 is 21.1 Å². The number of hydrogen-bond acceptors (Lipinski definition) is 4. The van der Waals surface area contributed by atoms with Gasteiger partial charge in [0.05, 0.1) is 6.04 Å². The van der Waals surface area contributed by atoms with Crippen LogP contribution in [-0.2, 0) is 0 Å². The summed E-state index contributed by atoms with van der Waals surface area (Å²) in [6.45, 7) is 0. The number of hydrogen-bond donors (Lipinski definition) is 4. The molecule has 0 aromatic heterocycles. The lowest BCUT2D eigenvalue weighted by Crippen LogP contribution is -2.18. The number of phenolic OH excluding ortho intramolecular Hbond substituents is 3. The van der Waals surface area contributed by atoms with Gasteiger partial charge in [-0.15, -0.1) is 0 Å².